The van der Waals surface area contributed by atoms with Crippen LogP contribution in [0.4, 0.5) is 5.13 Å². The van der Waals surface area contributed by atoms with E-state index in [9.17, 15) is 4.79 Å². The molecule has 0 radical (unpaired) electrons. The topological polar surface area (TPSA) is 75.4 Å². The molecule has 0 saturated carbocycles. The van der Waals surface area contributed by atoms with Crippen molar-refractivity contribution in [3.63, 3.8) is 0 Å². The zero-order valence-electron chi connectivity index (χ0n) is 12.5. The number of hydrogen-bond donors (Lipinski definition) is 1. The highest BCUT2D eigenvalue weighted by atomic mass is 32.1. The largest absolute Gasteiger partial charge is 0.343 e. The Morgan fingerprint density at radius 3 is 2.45 bits per heavy atom. The van der Waals surface area contributed by atoms with E-state index in [1.165, 1.54) is 11.5 Å². The summed E-state index contributed by atoms with van der Waals surface area (Å²) in [5.74, 6) is 0.884. The maximum atomic E-state index is 12.5. The molecule has 3 rings (SSSR count). The first-order valence-electron chi connectivity index (χ1n) is 7.31. The molecule has 0 spiro atoms. The molecule has 116 valence electrons. The number of benzene rings is 1. The normalized spacial score (nSPS) is 15.2. The molecule has 2 N–H and O–H groups in total. The summed E-state index contributed by atoms with van der Waals surface area (Å²) < 4.78 is 4.21. The molecule has 0 unspecified atom stereocenters. The summed E-state index contributed by atoms with van der Waals surface area (Å²) in [7, 11) is 0. The number of piperazine rings is 1. The SMILES string of the molecule is Cc1nsc(N2CCN(C(=O)c3ccc(CN)cc3)CC2)n1. The van der Waals surface area contributed by atoms with E-state index in [0.29, 0.717) is 19.6 Å². The minimum atomic E-state index is 0.0802. The molecule has 7 heteroatoms. The van der Waals surface area contributed by atoms with Gasteiger partial charge in [-0.25, -0.2) is 4.98 Å². The second-order valence-corrected chi connectivity index (χ2v) is 6.03. The van der Waals surface area contributed by atoms with E-state index in [2.05, 4.69) is 14.3 Å². The lowest BCUT2D eigenvalue weighted by Gasteiger charge is -2.34. The lowest BCUT2D eigenvalue weighted by atomic mass is 10.1. The molecule has 0 atom stereocenters. The lowest BCUT2D eigenvalue weighted by Crippen LogP contribution is -2.48. The summed E-state index contributed by atoms with van der Waals surface area (Å²) in [6.07, 6.45) is 0. The van der Waals surface area contributed by atoms with Crippen LogP contribution in [0.15, 0.2) is 24.3 Å². The van der Waals surface area contributed by atoms with Crippen molar-refractivity contribution in [2.24, 2.45) is 5.73 Å². The predicted molar refractivity (Wildman–Crippen MR) is 87.1 cm³/mol. The number of rotatable bonds is 3. The van der Waals surface area contributed by atoms with Gasteiger partial charge in [-0.1, -0.05) is 12.1 Å². The number of hydrogen-bond acceptors (Lipinski definition) is 6. The summed E-state index contributed by atoms with van der Waals surface area (Å²) in [6, 6.07) is 7.52. The number of aromatic nitrogens is 2. The van der Waals surface area contributed by atoms with Crippen LogP contribution in [0.1, 0.15) is 21.7 Å². The standard InChI is InChI=1S/C15H19N5OS/c1-11-17-15(22-18-11)20-8-6-19(7-9-20)14(21)13-4-2-12(10-16)3-5-13/h2-5H,6-10,16H2,1H3. The third-order valence-corrected chi connectivity index (χ3v) is 4.66. The zero-order chi connectivity index (χ0) is 15.5. The average Bonchev–Trinajstić information content (AvgIpc) is 3.01. The first-order valence-corrected chi connectivity index (χ1v) is 8.08. The lowest BCUT2D eigenvalue weighted by molar-refractivity contribution is 0.0746. The van der Waals surface area contributed by atoms with Crippen molar-refractivity contribution in [2.75, 3.05) is 31.1 Å². The van der Waals surface area contributed by atoms with Gasteiger partial charge >= 0.3 is 0 Å². The first kappa shape index (κ1) is 14.9. The fourth-order valence-electron chi connectivity index (χ4n) is 2.48. The Labute approximate surface area is 133 Å². The van der Waals surface area contributed by atoms with Crippen LogP contribution in [-0.2, 0) is 6.54 Å². The molecule has 22 heavy (non-hydrogen) atoms. The van der Waals surface area contributed by atoms with Crippen LogP contribution in [0.5, 0.6) is 0 Å². The number of amides is 1. The van der Waals surface area contributed by atoms with Gasteiger partial charge in [0.2, 0.25) is 5.13 Å². The fourth-order valence-corrected chi connectivity index (χ4v) is 3.21. The van der Waals surface area contributed by atoms with E-state index in [0.717, 1.165) is 35.2 Å². The summed E-state index contributed by atoms with van der Waals surface area (Å²) in [6.45, 7) is 5.38. The van der Waals surface area contributed by atoms with Crippen molar-refractivity contribution in [1.29, 1.82) is 0 Å². The van der Waals surface area contributed by atoms with Crippen molar-refractivity contribution in [3.05, 3.63) is 41.2 Å². The zero-order valence-corrected chi connectivity index (χ0v) is 13.3. The van der Waals surface area contributed by atoms with Crippen LogP contribution >= 0.6 is 11.5 Å². The number of nitrogens with zero attached hydrogens (tertiary/aromatic N) is 4. The molecule has 1 saturated heterocycles. The summed E-state index contributed by atoms with van der Waals surface area (Å²) in [5.41, 5.74) is 7.34. The van der Waals surface area contributed by atoms with Gasteiger partial charge in [0, 0.05) is 49.8 Å². The van der Waals surface area contributed by atoms with Gasteiger partial charge in [-0.2, -0.15) is 4.37 Å². The Bertz CT molecular complexity index is 646. The molecule has 6 nitrogen and oxygen atoms in total. The highest BCUT2D eigenvalue weighted by Gasteiger charge is 2.23. The van der Waals surface area contributed by atoms with Gasteiger partial charge in [-0.15, -0.1) is 0 Å². The molecule has 2 aromatic rings. The van der Waals surface area contributed by atoms with Crippen molar-refractivity contribution < 1.29 is 4.79 Å². The number of carbonyl (C=O) groups is 1. The molecule has 0 aliphatic carbocycles. The first-order chi connectivity index (χ1) is 10.7. The Kier molecular flexibility index (Phi) is 4.35. The van der Waals surface area contributed by atoms with Gasteiger partial charge in [0.1, 0.15) is 5.82 Å². The van der Waals surface area contributed by atoms with Gasteiger partial charge in [-0.05, 0) is 24.6 Å². The van der Waals surface area contributed by atoms with E-state index in [-0.39, 0.29) is 5.91 Å². The molecule has 1 aliphatic heterocycles. The van der Waals surface area contributed by atoms with Crippen LogP contribution in [-0.4, -0.2) is 46.3 Å². The Balaban J connectivity index is 1.61. The molecular formula is C15H19N5OS. The molecule has 1 fully saturated rings. The van der Waals surface area contributed by atoms with E-state index in [4.69, 9.17) is 5.73 Å². The van der Waals surface area contributed by atoms with Gasteiger partial charge in [-0.3, -0.25) is 4.79 Å². The van der Waals surface area contributed by atoms with Crippen molar-refractivity contribution >= 4 is 22.6 Å². The van der Waals surface area contributed by atoms with E-state index >= 15 is 0 Å². The quantitative estimate of drug-likeness (QED) is 0.922. The summed E-state index contributed by atoms with van der Waals surface area (Å²) in [5, 5.41) is 0.942. The van der Waals surface area contributed by atoms with Crippen molar-refractivity contribution in [2.45, 2.75) is 13.5 Å². The van der Waals surface area contributed by atoms with E-state index < -0.39 is 0 Å². The average molecular weight is 317 g/mol. The monoisotopic (exact) mass is 317 g/mol. The van der Waals surface area contributed by atoms with Gasteiger partial charge in [0.05, 0.1) is 0 Å². The second-order valence-electron chi connectivity index (χ2n) is 5.30. The second kappa shape index (κ2) is 6.41. The van der Waals surface area contributed by atoms with E-state index in [1.54, 1.807) is 0 Å². The fraction of sp³-hybridized carbons (Fsp3) is 0.400. The van der Waals surface area contributed by atoms with Gasteiger partial charge in [0.25, 0.3) is 5.91 Å². The van der Waals surface area contributed by atoms with Gasteiger partial charge in [0.15, 0.2) is 0 Å². The van der Waals surface area contributed by atoms with Crippen molar-refractivity contribution in [3.8, 4) is 0 Å². The Morgan fingerprint density at radius 1 is 1.23 bits per heavy atom. The van der Waals surface area contributed by atoms with Gasteiger partial charge < -0.3 is 15.5 Å². The summed E-state index contributed by atoms with van der Waals surface area (Å²) in [4.78, 5) is 21.0. The highest BCUT2D eigenvalue weighted by molar-refractivity contribution is 7.09. The molecular weight excluding hydrogens is 298 g/mol. The van der Waals surface area contributed by atoms with E-state index in [1.807, 2.05) is 36.1 Å². The maximum absolute atomic E-state index is 12.5. The third kappa shape index (κ3) is 3.10. The maximum Gasteiger partial charge on any atom is 0.253 e. The smallest absolute Gasteiger partial charge is 0.253 e. The molecule has 1 aromatic heterocycles. The Morgan fingerprint density at radius 2 is 1.91 bits per heavy atom. The predicted octanol–water partition coefficient (Wildman–Crippen LogP) is 1.27. The molecule has 1 amide bonds. The van der Waals surface area contributed by atoms with Crippen LogP contribution in [0.2, 0.25) is 0 Å². The minimum absolute atomic E-state index is 0.0802. The highest BCUT2D eigenvalue weighted by Crippen LogP contribution is 2.19. The summed E-state index contributed by atoms with van der Waals surface area (Å²) >= 11 is 1.42. The Hall–Kier alpha value is -1.99. The molecule has 0 bridgehead atoms. The number of carbonyl (C=O) groups excluding carboxylic acids is 1. The van der Waals surface area contributed by atoms with Crippen molar-refractivity contribution in [1.82, 2.24) is 14.3 Å². The minimum Gasteiger partial charge on any atom is -0.343 e. The van der Waals surface area contributed by atoms with Crippen LogP contribution in [0, 0.1) is 6.92 Å². The number of nitrogens with two attached hydrogens (primary N) is 1. The number of anilines is 1. The van der Waals surface area contributed by atoms with Crippen LogP contribution < -0.4 is 10.6 Å². The van der Waals surface area contributed by atoms with Crippen LogP contribution in [0.25, 0.3) is 0 Å². The molecule has 1 aliphatic rings. The molecule has 2 heterocycles. The molecule has 1 aromatic carbocycles. The number of aryl methyl sites for hydroxylation is 1. The van der Waals surface area contributed by atoms with Crippen LogP contribution in [0.3, 0.4) is 0 Å². The third-order valence-electron chi connectivity index (χ3n) is 3.79.